The quantitative estimate of drug-likeness (QED) is 0.655. The first-order valence-electron chi connectivity index (χ1n) is 7.54. The molecule has 142 valence electrons. The number of carbonyl (C=O) groups excluding carboxylic acids is 2. The summed E-state index contributed by atoms with van der Waals surface area (Å²) < 4.78 is 19.5. The van der Waals surface area contributed by atoms with Crippen LogP contribution >= 0.6 is 0 Å². The Hall–Kier alpha value is -3.76. The Balaban J connectivity index is 2.08. The third-order valence-electron chi connectivity index (χ3n) is 3.03. The molecule has 0 aliphatic heterocycles. The van der Waals surface area contributed by atoms with E-state index in [2.05, 4.69) is 20.6 Å². The number of hydrogen-bond acceptors (Lipinski definition) is 6. The van der Waals surface area contributed by atoms with Crippen LogP contribution in [0.5, 0.6) is 11.6 Å². The summed E-state index contributed by atoms with van der Waals surface area (Å²) in [6.45, 7) is 0. The molecular weight excluding hydrogens is 361 g/mol. The molecule has 0 saturated heterocycles. The van der Waals surface area contributed by atoms with Crippen molar-refractivity contribution >= 4 is 29.4 Å². The number of rotatable bonds is 6. The number of aromatic nitrogens is 2. The molecule has 11 heteroatoms. The topological polar surface area (TPSA) is 134 Å². The van der Waals surface area contributed by atoms with E-state index < -0.39 is 30.1 Å². The van der Waals surface area contributed by atoms with E-state index in [4.69, 9.17) is 9.84 Å². The van der Waals surface area contributed by atoms with Gasteiger partial charge in [0.25, 0.3) is 0 Å². The maximum Gasteiger partial charge on any atom is 0.322 e. The maximum atomic E-state index is 14.2. The first kappa shape index (κ1) is 19.6. The predicted octanol–water partition coefficient (Wildman–Crippen LogP) is 1.91. The summed E-state index contributed by atoms with van der Waals surface area (Å²) >= 11 is 0. The number of carboxylic acids is 1. The lowest BCUT2D eigenvalue weighted by atomic mass is 10.2. The molecule has 0 unspecified atom stereocenters. The second kappa shape index (κ2) is 8.56. The number of aliphatic carboxylic acids is 1. The fourth-order valence-corrected chi connectivity index (χ4v) is 1.80. The minimum absolute atomic E-state index is 0.0133. The van der Waals surface area contributed by atoms with Gasteiger partial charge in [-0.3, -0.25) is 14.9 Å². The lowest BCUT2D eigenvalue weighted by Crippen LogP contribution is -2.27. The summed E-state index contributed by atoms with van der Waals surface area (Å²) in [4.78, 5) is 42.4. The van der Waals surface area contributed by atoms with Crippen LogP contribution in [0.1, 0.15) is 6.42 Å². The maximum absolute atomic E-state index is 14.2. The van der Waals surface area contributed by atoms with Gasteiger partial charge in [-0.25, -0.2) is 19.2 Å². The molecule has 0 fully saturated rings. The standard InChI is InChI=1S/C16H16FN5O5/c1-22(2)16(26)21-12-6-14(19-8-18-12)27-11-4-3-9(5-10(11)17)20-13(23)7-15(24)25/h3-6,8H,7H2,1-2H3,(H,20,23)(H,24,25)(H,18,19,21,26). The Labute approximate surface area is 153 Å². The third kappa shape index (κ3) is 5.92. The molecule has 0 radical (unpaired) electrons. The Kier molecular flexibility index (Phi) is 6.20. The van der Waals surface area contributed by atoms with Crippen molar-refractivity contribution in [2.45, 2.75) is 6.42 Å². The van der Waals surface area contributed by atoms with Gasteiger partial charge in [0.1, 0.15) is 18.6 Å². The first-order chi connectivity index (χ1) is 12.7. The van der Waals surface area contributed by atoms with E-state index in [1.807, 2.05) is 0 Å². The smallest absolute Gasteiger partial charge is 0.322 e. The van der Waals surface area contributed by atoms with E-state index in [-0.39, 0.29) is 23.1 Å². The van der Waals surface area contributed by atoms with Crippen molar-refractivity contribution in [1.29, 1.82) is 0 Å². The van der Waals surface area contributed by atoms with Crippen LogP contribution in [0.3, 0.4) is 0 Å². The molecule has 2 aromatic rings. The normalized spacial score (nSPS) is 10.0. The number of anilines is 2. The predicted molar refractivity (Wildman–Crippen MR) is 92.1 cm³/mol. The molecule has 0 atom stereocenters. The van der Waals surface area contributed by atoms with Crippen LogP contribution in [0.4, 0.5) is 20.7 Å². The fraction of sp³-hybridized carbons (Fsp3) is 0.188. The minimum atomic E-state index is -1.30. The molecule has 27 heavy (non-hydrogen) atoms. The van der Waals surface area contributed by atoms with Gasteiger partial charge in [0.05, 0.1) is 0 Å². The Morgan fingerprint density at radius 1 is 1.19 bits per heavy atom. The monoisotopic (exact) mass is 377 g/mol. The highest BCUT2D eigenvalue weighted by molar-refractivity contribution is 6.01. The Morgan fingerprint density at radius 3 is 2.56 bits per heavy atom. The second-order valence-corrected chi connectivity index (χ2v) is 5.43. The van der Waals surface area contributed by atoms with Crippen LogP contribution in [0, 0.1) is 5.82 Å². The number of hydrogen-bond donors (Lipinski definition) is 3. The number of halogens is 1. The van der Waals surface area contributed by atoms with Crippen LogP contribution in [0.25, 0.3) is 0 Å². The molecule has 3 N–H and O–H groups in total. The Morgan fingerprint density at radius 2 is 1.93 bits per heavy atom. The highest BCUT2D eigenvalue weighted by Gasteiger charge is 2.12. The van der Waals surface area contributed by atoms with Crippen LogP contribution in [-0.4, -0.2) is 52.0 Å². The van der Waals surface area contributed by atoms with E-state index >= 15 is 0 Å². The average Bonchev–Trinajstić information content (AvgIpc) is 2.56. The van der Waals surface area contributed by atoms with E-state index in [1.54, 1.807) is 14.1 Å². The molecule has 10 nitrogen and oxygen atoms in total. The minimum Gasteiger partial charge on any atom is -0.481 e. The highest BCUT2D eigenvalue weighted by Crippen LogP contribution is 2.26. The molecule has 1 aromatic heterocycles. The zero-order chi connectivity index (χ0) is 20.0. The average molecular weight is 377 g/mol. The highest BCUT2D eigenvalue weighted by atomic mass is 19.1. The molecule has 1 aromatic carbocycles. The molecule has 0 spiro atoms. The zero-order valence-electron chi connectivity index (χ0n) is 14.4. The van der Waals surface area contributed by atoms with Crippen molar-refractivity contribution in [1.82, 2.24) is 14.9 Å². The van der Waals surface area contributed by atoms with Gasteiger partial charge in [-0.2, -0.15) is 0 Å². The summed E-state index contributed by atoms with van der Waals surface area (Å²) in [7, 11) is 3.11. The van der Waals surface area contributed by atoms with Crippen LogP contribution in [-0.2, 0) is 9.59 Å². The van der Waals surface area contributed by atoms with Gasteiger partial charge >= 0.3 is 12.0 Å². The zero-order valence-corrected chi connectivity index (χ0v) is 14.4. The largest absolute Gasteiger partial charge is 0.481 e. The van der Waals surface area contributed by atoms with Gasteiger partial charge in [-0.05, 0) is 12.1 Å². The summed E-state index contributed by atoms with van der Waals surface area (Å²) in [5, 5.41) is 13.3. The lowest BCUT2D eigenvalue weighted by Gasteiger charge is -2.12. The van der Waals surface area contributed by atoms with Crippen LogP contribution < -0.4 is 15.4 Å². The number of carboxylic acid groups (broad SMARTS) is 1. The van der Waals surface area contributed by atoms with Crippen molar-refractivity contribution in [2.75, 3.05) is 24.7 Å². The molecular formula is C16H16FN5O5. The van der Waals surface area contributed by atoms with Crippen molar-refractivity contribution in [2.24, 2.45) is 0 Å². The molecule has 2 rings (SSSR count). The van der Waals surface area contributed by atoms with Gasteiger partial charge < -0.3 is 20.1 Å². The summed E-state index contributed by atoms with van der Waals surface area (Å²) in [5.74, 6) is -2.92. The third-order valence-corrected chi connectivity index (χ3v) is 3.03. The van der Waals surface area contributed by atoms with E-state index in [0.717, 1.165) is 12.4 Å². The SMILES string of the molecule is CN(C)C(=O)Nc1cc(Oc2ccc(NC(=O)CC(=O)O)cc2F)ncn1. The number of nitrogens with one attached hydrogen (secondary N) is 2. The summed E-state index contributed by atoms with van der Waals surface area (Å²) in [6.07, 6.45) is 0.404. The van der Waals surface area contributed by atoms with Crippen molar-refractivity contribution in [3.63, 3.8) is 0 Å². The number of urea groups is 1. The lowest BCUT2D eigenvalue weighted by molar-refractivity contribution is -0.139. The summed E-state index contributed by atoms with van der Waals surface area (Å²) in [6, 6.07) is 4.46. The molecule has 0 aliphatic rings. The van der Waals surface area contributed by atoms with E-state index in [9.17, 15) is 18.8 Å². The number of nitrogens with zero attached hydrogens (tertiary/aromatic N) is 3. The number of benzene rings is 1. The van der Waals surface area contributed by atoms with Crippen molar-refractivity contribution < 1.29 is 28.6 Å². The Bertz CT molecular complexity index is 874. The van der Waals surface area contributed by atoms with Crippen LogP contribution in [0.15, 0.2) is 30.6 Å². The molecule has 0 aliphatic carbocycles. The number of amides is 3. The second-order valence-electron chi connectivity index (χ2n) is 5.43. The fourth-order valence-electron chi connectivity index (χ4n) is 1.80. The number of ether oxygens (including phenoxy) is 1. The van der Waals surface area contributed by atoms with Gasteiger partial charge in [-0.15, -0.1) is 0 Å². The van der Waals surface area contributed by atoms with Gasteiger partial charge in [-0.1, -0.05) is 0 Å². The van der Waals surface area contributed by atoms with E-state index in [1.165, 1.54) is 23.1 Å². The molecule has 0 bridgehead atoms. The van der Waals surface area contributed by atoms with Gasteiger partial charge in [0.15, 0.2) is 11.6 Å². The van der Waals surface area contributed by atoms with Crippen LogP contribution in [0.2, 0.25) is 0 Å². The number of carbonyl (C=O) groups is 3. The molecule has 3 amide bonds. The van der Waals surface area contributed by atoms with Crippen molar-refractivity contribution in [3.05, 3.63) is 36.4 Å². The van der Waals surface area contributed by atoms with Gasteiger partial charge in [0, 0.05) is 31.9 Å². The molecule has 0 saturated carbocycles. The first-order valence-corrected chi connectivity index (χ1v) is 7.54. The van der Waals surface area contributed by atoms with E-state index in [0.29, 0.717) is 0 Å². The summed E-state index contributed by atoms with van der Waals surface area (Å²) in [5.41, 5.74) is 0.0766. The van der Waals surface area contributed by atoms with Crippen molar-refractivity contribution in [3.8, 4) is 11.6 Å². The molecule has 1 heterocycles. The van der Waals surface area contributed by atoms with Gasteiger partial charge in [0.2, 0.25) is 11.8 Å².